The molecule has 12 heteroatoms. The molecule has 3 aromatic rings. The highest BCUT2D eigenvalue weighted by molar-refractivity contribution is 7.93. The number of rotatable bonds is 7. The Hall–Kier alpha value is -2.53. The van der Waals surface area contributed by atoms with Crippen molar-refractivity contribution in [1.29, 1.82) is 0 Å². The molecule has 3 rings (SSSR count). The van der Waals surface area contributed by atoms with Crippen molar-refractivity contribution >= 4 is 38.3 Å². The zero-order valence-electron chi connectivity index (χ0n) is 13.8. The van der Waals surface area contributed by atoms with Crippen LogP contribution in [0.15, 0.2) is 35.5 Å². The molecule has 0 fully saturated rings. The summed E-state index contributed by atoms with van der Waals surface area (Å²) in [5.74, 6) is -1.78. The predicted octanol–water partition coefficient (Wildman–Crippen LogP) is 4.44. The first-order valence-electron chi connectivity index (χ1n) is 7.69. The highest BCUT2D eigenvalue weighted by atomic mass is 35.5. The van der Waals surface area contributed by atoms with Gasteiger partial charge in [-0.05, 0) is 12.1 Å². The fourth-order valence-corrected chi connectivity index (χ4v) is 3.95. The molecule has 6 nitrogen and oxygen atoms in total. The van der Waals surface area contributed by atoms with E-state index in [1.807, 2.05) is 4.72 Å². The molecule has 150 valence electrons. The number of fused-ring (bicyclic) bond motifs is 1. The standard InChI is InChI=1S/C16H12ClF4N3O3S/c17-10-2-1-9-12(7-22-14(9)13(10)15(20)21)28(25,26)24-16-11(19)5-8(6-23-16)27-4-3-18/h1-2,5-7,15,22H,3-4H2,(H,23,24). The van der Waals surface area contributed by atoms with Gasteiger partial charge in [0.2, 0.25) is 0 Å². The summed E-state index contributed by atoms with van der Waals surface area (Å²) >= 11 is 5.76. The van der Waals surface area contributed by atoms with Crippen LogP contribution >= 0.6 is 11.6 Å². The van der Waals surface area contributed by atoms with E-state index >= 15 is 0 Å². The first kappa shape index (κ1) is 20.2. The highest BCUT2D eigenvalue weighted by Crippen LogP contribution is 2.36. The topological polar surface area (TPSA) is 84.1 Å². The molecule has 0 saturated carbocycles. The third-order valence-electron chi connectivity index (χ3n) is 3.71. The van der Waals surface area contributed by atoms with Crippen LogP contribution in [-0.4, -0.2) is 31.7 Å². The van der Waals surface area contributed by atoms with Crippen molar-refractivity contribution in [2.45, 2.75) is 11.3 Å². The lowest BCUT2D eigenvalue weighted by molar-refractivity contribution is 0.153. The van der Waals surface area contributed by atoms with Crippen LogP contribution in [0.4, 0.5) is 23.4 Å². The molecule has 2 aromatic heterocycles. The van der Waals surface area contributed by atoms with Gasteiger partial charge in [0.15, 0.2) is 11.6 Å². The number of hydrogen-bond donors (Lipinski definition) is 2. The van der Waals surface area contributed by atoms with E-state index in [1.54, 1.807) is 0 Å². The zero-order chi connectivity index (χ0) is 20.5. The van der Waals surface area contributed by atoms with Crippen LogP contribution in [0.1, 0.15) is 12.0 Å². The Morgan fingerprint density at radius 3 is 2.71 bits per heavy atom. The van der Waals surface area contributed by atoms with Crippen LogP contribution < -0.4 is 9.46 Å². The summed E-state index contributed by atoms with van der Waals surface area (Å²) < 4.78 is 84.7. The number of halogens is 5. The number of hydrogen-bond acceptors (Lipinski definition) is 4. The Morgan fingerprint density at radius 2 is 2.07 bits per heavy atom. The molecule has 0 amide bonds. The van der Waals surface area contributed by atoms with Crippen molar-refractivity contribution in [3.63, 3.8) is 0 Å². The summed E-state index contributed by atoms with van der Waals surface area (Å²) in [7, 11) is -4.38. The summed E-state index contributed by atoms with van der Waals surface area (Å²) in [6, 6.07) is 3.24. The monoisotopic (exact) mass is 437 g/mol. The summed E-state index contributed by atoms with van der Waals surface area (Å²) in [4.78, 5) is 5.68. The molecule has 0 atom stereocenters. The molecule has 2 N–H and O–H groups in total. The molecule has 0 aliphatic rings. The Labute approximate surface area is 161 Å². The molecular weight excluding hydrogens is 426 g/mol. The van der Waals surface area contributed by atoms with Crippen LogP contribution in [0, 0.1) is 5.82 Å². The van der Waals surface area contributed by atoms with Gasteiger partial charge in [-0.1, -0.05) is 11.6 Å². The van der Waals surface area contributed by atoms with Crippen LogP contribution in [0.25, 0.3) is 10.9 Å². The smallest absolute Gasteiger partial charge is 0.267 e. The maximum atomic E-state index is 14.1. The molecule has 0 aliphatic heterocycles. The number of benzene rings is 1. The number of nitrogens with one attached hydrogen (secondary N) is 2. The molecule has 28 heavy (non-hydrogen) atoms. The van der Waals surface area contributed by atoms with E-state index in [2.05, 4.69) is 9.97 Å². The second kappa shape index (κ2) is 7.84. The Balaban J connectivity index is 1.97. The number of aromatic amines is 1. The van der Waals surface area contributed by atoms with Crippen LogP contribution in [0.5, 0.6) is 5.75 Å². The van der Waals surface area contributed by atoms with E-state index in [0.717, 1.165) is 24.5 Å². The molecule has 0 unspecified atom stereocenters. The Kier molecular flexibility index (Phi) is 5.66. The average Bonchev–Trinajstić information content (AvgIpc) is 3.06. The average molecular weight is 438 g/mol. The lowest BCUT2D eigenvalue weighted by atomic mass is 10.1. The number of H-pyrrole nitrogens is 1. The normalized spacial score (nSPS) is 11.9. The van der Waals surface area contributed by atoms with Gasteiger partial charge in [0.25, 0.3) is 16.4 Å². The fourth-order valence-electron chi connectivity index (χ4n) is 2.52. The summed E-state index contributed by atoms with van der Waals surface area (Å²) in [6.07, 6.45) is -0.930. The number of alkyl halides is 3. The van der Waals surface area contributed by atoms with Gasteiger partial charge in [0.1, 0.15) is 23.9 Å². The van der Waals surface area contributed by atoms with Gasteiger partial charge >= 0.3 is 0 Å². The van der Waals surface area contributed by atoms with E-state index in [-0.39, 0.29) is 33.2 Å². The van der Waals surface area contributed by atoms with E-state index in [4.69, 9.17) is 16.3 Å². The second-order valence-corrected chi connectivity index (χ2v) is 7.54. The largest absolute Gasteiger partial charge is 0.489 e. The quantitative estimate of drug-likeness (QED) is 0.535. The van der Waals surface area contributed by atoms with E-state index in [1.165, 1.54) is 6.07 Å². The molecule has 0 radical (unpaired) electrons. The Bertz CT molecular complexity index is 1120. The van der Waals surface area contributed by atoms with E-state index < -0.39 is 40.3 Å². The number of nitrogens with zero attached hydrogens (tertiary/aromatic N) is 1. The number of ether oxygens (including phenoxy) is 1. The van der Waals surface area contributed by atoms with Crippen molar-refractivity contribution in [2.24, 2.45) is 0 Å². The molecule has 1 aromatic carbocycles. The summed E-state index contributed by atoms with van der Waals surface area (Å²) in [5, 5.41) is -0.270. The number of pyridine rings is 1. The third-order valence-corrected chi connectivity index (χ3v) is 5.41. The van der Waals surface area contributed by atoms with Gasteiger partial charge in [0, 0.05) is 17.6 Å². The molecule has 0 aliphatic carbocycles. The summed E-state index contributed by atoms with van der Waals surface area (Å²) in [5.41, 5.74) is -0.689. The SMILES string of the molecule is O=S(=O)(Nc1ncc(OCCF)cc1F)c1c[nH]c2c(C(F)F)c(Cl)ccc12. The number of aromatic nitrogens is 2. The van der Waals surface area contributed by atoms with Crippen molar-refractivity contribution in [1.82, 2.24) is 9.97 Å². The highest BCUT2D eigenvalue weighted by Gasteiger charge is 2.25. The zero-order valence-corrected chi connectivity index (χ0v) is 15.4. The maximum absolute atomic E-state index is 14.1. The molecule has 0 bridgehead atoms. The maximum Gasteiger partial charge on any atom is 0.267 e. The molecule has 2 heterocycles. The Morgan fingerprint density at radius 1 is 1.32 bits per heavy atom. The second-order valence-electron chi connectivity index (χ2n) is 5.48. The van der Waals surface area contributed by atoms with Crippen molar-refractivity contribution in [3.05, 3.63) is 47.0 Å². The van der Waals surface area contributed by atoms with Gasteiger partial charge in [-0.25, -0.2) is 31.0 Å². The van der Waals surface area contributed by atoms with Crippen LogP contribution in [0.3, 0.4) is 0 Å². The lowest BCUT2D eigenvalue weighted by Gasteiger charge is -2.10. The summed E-state index contributed by atoms with van der Waals surface area (Å²) in [6.45, 7) is -1.10. The van der Waals surface area contributed by atoms with Crippen molar-refractivity contribution in [2.75, 3.05) is 18.0 Å². The van der Waals surface area contributed by atoms with Gasteiger partial charge in [-0.3, -0.25) is 4.72 Å². The van der Waals surface area contributed by atoms with Crippen LogP contribution in [-0.2, 0) is 10.0 Å². The number of sulfonamides is 1. The molecule has 0 spiro atoms. The minimum absolute atomic E-state index is 0.0458. The first-order chi connectivity index (χ1) is 13.2. The van der Waals surface area contributed by atoms with E-state index in [9.17, 15) is 26.0 Å². The van der Waals surface area contributed by atoms with Gasteiger partial charge < -0.3 is 9.72 Å². The first-order valence-corrected chi connectivity index (χ1v) is 9.55. The third kappa shape index (κ3) is 3.85. The van der Waals surface area contributed by atoms with Gasteiger partial charge in [-0.15, -0.1) is 0 Å². The van der Waals surface area contributed by atoms with Crippen molar-refractivity contribution < 1.29 is 30.7 Å². The minimum Gasteiger partial charge on any atom is -0.489 e. The van der Waals surface area contributed by atoms with Gasteiger partial charge in [0.05, 0.1) is 22.3 Å². The minimum atomic E-state index is -4.38. The molecule has 0 saturated heterocycles. The number of anilines is 1. The predicted molar refractivity (Wildman–Crippen MR) is 94.7 cm³/mol. The fraction of sp³-hybridized carbons (Fsp3) is 0.188. The van der Waals surface area contributed by atoms with E-state index in [0.29, 0.717) is 0 Å². The lowest BCUT2D eigenvalue weighted by Crippen LogP contribution is -2.15. The molecular formula is C16H12ClF4N3O3S. The van der Waals surface area contributed by atoms with Crippen LogP contribution in [0.2, 0.25) is 5.02 Å². The van der Waals surface area contributed by atoms with Crippen molar-refractivity contribution in [3.8, 4) is 5.75 Å². The van der Waals surface area contributed by atoms with Gasteiger partial charge in [-0.2, -0.15) is 0 Å².